The highest BCUT2D eigenvalue weighted by Crippen LogP contribution is 2.27. The normalized spacial score (nSPS) is 20.0. The summed E-state index contributed by atoms with van der Waals surface area (Å²) in [4.78, 5) is 11.1. The smallest absolute Gasteiger partial charge is 0.335 e. The molecule has 6 N–H and O–H groups in total. The fourth-order valence-electron chi connectivity index (χ4n) is 4.32. The highest BCUT2D eigenvalue weighted by molar-refractivity contribution is 6.66. The lowest BCUT2D eigenvalue weighted by Gasteiger charge is -2.26. The monoisotopic (exact) mass is 385 g/mol. The fraction of sp³-hybridized carbons (Fsp3) is 0.591. The summed E-state index contributed by atoms with van der Waals surface area (Å²) in [6, 6.07) is 5.58. The second-order valence-electron chi connectivity index (χ2n) is 7.94. The molecule has 0 amide bonds. The van der Waals surface area contributed by atoms with Gasteiger partial charge in [-0.25, -0.2) is 4.79 Å². The van der Waals surface area contributed by atoms with Gasteiger partial charge in [0.05, 0.1) is 5.56 Å². The third-order valence-corrected chi connectivity index (χ3v) is 6.02. The molecule has 1 saturated carbocycles. The number of hydrogen-bond donors (Lipinski definition) is 4. The molecule has 3 aliphatic rings. The van der Waals surface area contributed by atoms with E-state index in [9.17, 15) is 4.79 Å². The maximum absolute atomic E-state index is 11.1. The average Bonchev–Trinajstić information content (AvgIpc) is 3.20. The molecular weight excluding hydrogens is 349 g/mol. The molecule has 5 nitrogen and oxygen atoms in total. The zero-order chi connectivity index (χ0) is 20.4. The Morgan fingerprint density at radius 1 is 1.21 bits per heavy atom. The minimum atomic E-state index is -0.815. The van der Waals surface area contributed by atoms with E-state index in [-0.39, 0.29) is 0 Å². The van der Waals surface area contributed by atoms with Gasteiger partial charge >= 0.3 is 5.97 Å². The Labute approximate surface area is 170 Å². The van der Waals surface area contributed by atoms with Crippen LogP contribution in [0, 0.1) is 5.92 Å². The number of aromatic carboxylic acids is 1. The molecular formula is C22H36BN3O2. The summed E-state index contributed by atoms with van der Waals surface area (Å²) in [5.74, 6) is 2.87. The molecule has 1 aromatic rings. The Morgan fingerprint density at radius 3 is 2.50 bits per heavy atom. The van der Waals surface area contributed by atoms with Crippen molar-refractivity contribution in [2.24, 2.45) is 17.4 Å². The molecule has 2 heterocycles. The molecule has 2 aliphatic heterocycles. The molecule has 6 heteroatoms. The highest BCUT2D eigenvalue weighted by Gasteiger charge is 2.33. The summed E-state index contributed by atoms with van der Waals surface area (Å²) in [6.07, 6.45) is 12.7. The summed E-state index contributed by atoms with van der Waals surface area (Å²) in [6.45, 7) is 3.96. The third kappa shape index (κ3) is 6.38. The van der Waals surface area contributed by atoms with Crippen molar-refractivity contribution < 1.29 is 9.90 Å². The van der Waals surface area contributed by atoms with Crippen LogP contribution in [0.5, 0.6) is 0 Å². The number of nitrogens with one attached hydrogen (secondary N) is 1. The minimum Gasteiger partial charge on any atom is -0.478 e. The van der Waals surface area contributed by atoms with Gasteiger partial charge in [-0.3, -0.25) is 0 Å². The molecule has 4 rings (SSSR count). The zero-order valence-corrected chi connectivity index (χ0v) is 17.2. The van der Waals surface area contributed by atoms with Gasteiger partial charge in [0.15, 0.2) is 6.71 Å². The van der Waals surface area contributed by atoms with Crippen LogP contribution in [0.3, 0.4) is 0 Å². The highest BCUT2D eigenvalue weighted by atomic mass is 16.4. The summed E-state index contributed by atoms with van der Waals surface area (Å²) >= 11 is 0. The molecule has 0 radical (unpaired) electrons. The first-order valence-electron chi connectivity index (χ1n) is 10.8. The fourth-order valence-corrected chi connectivity index (χ4v) is 4.32. The van der Waals surface area contributed by atoms with E-state index in [1.54, 1.807) is 6.07 Å². The van der Waals surface area contributed by atoms with E-state index < -0.39 is 5.97 Å². The number of benzene rings is 1. The Morgan fingerprint density at radius 2 is 1.93 bits per heavy atom. The minimum absolute atomic E-state index is 0.452. The van der Waals surface area contributed by atoms with Crippen molar-refractivity contribution >= 4 is 12.7 Å². The Bertz CT molecular complexity index is 643. The van der Waals surface area contributed by atoms with Crippen molar-refractivity contribution in [2.45, 2.75) is 64.1 Å². The first-order chi connectivity index (χ1) is 13.6. The van der Waals surface area contributed by atoms with Crippen molar-refractivity contribution in [3.05, 3.63) is 47.1 Å². The molecule has 1 unspecified atom stereocenters. The number of carboxylic acids is 1. The topological polar surface area (TPSA) is 101 Å². The van der Waals surface area contributed by atoms with Gasteiger partial charge in [0.2, 0.25) is 0 Å². The van der Waals surface area contributed by atoms with Crippen LogP contribution in [0.2, 0.25) is 0 Å². The second kappa shape index (κ2) is 11.9. The van der Waals surface area contributed by atoms with Gasteiger partial charge < -0.3 is 21.9 Å². The van der Waals surface area contributed by atoms with Gasteiger partial charge in [-0.1, -0.05) is 63.6 Å². The van der Waals surface area contributed by atoms with Crippen LogP contribution >= 0.6 is 0 Å². The van der Waals surface area contributed by atoms with Crippen LogP contribution in [-0.4, -0.2) is 36.8 Å². The quantitative estimate of drug-likeness (QED) is 0.600. The molecule has 0 spiro atoms. The SMILES string of the molecule is CCC1CCCCC1.NCCN.O=C(O)c1cccc2c1CB1C=CNC1C2. The van der Waals surface area contributed by atoms with E-state index in [0.717, 1.165) is 24.2 Å². The van der Waals surface area contributed by atoms with Crippen LogP contribution in [0.15, 0.2) is 30.4 Å². The van der Waals surface area contributed by atoms with Crippen molar-refractivity contribution in [1.29, 1.82) is 0 Å². The number of nitrogens with two attached hydrogens (primary N) is 2. The predicted octanol–water partition coefficient (Wildman–Crippen LogP) is 2.96. The Balaban J connectivity index is 0.000000196. The molecule has 1 aromatic carbocycles. The molecule has 154 valence electrons. The van der Waals surface area contributed by atoms with Gasteiger partial charge in [0, 0.05) is 19.0 Å². The average molecular weight is 385 g/mol. The van der Waals surface area contributed by atoms with Crippen LogP contribution in [-0.2, 0) is 12.7 Å². The summed E-state index contributed by atoms with van der Waals surface area (Å²) in [7, 11) is 0. The first kappa shape index (κ1) is 22.5. The number of hydrogen-bond acceptors (Lipinski definition) is 4. The van der Waals surface area contributed by atoms with E-state index in [1.807, 2.05) is 18.3 Å². The lowest BCUT2D eigenvalue weighted by molar-refractivity contribution is 0.0695. The molecule has 28 heavy (non-hydrogen) atoms. The van der Waals surface area contributed by atoms with E-state index in [0.29, 0.717) is 31.3 Å². The number of carboxylic acid groups (broad SMARTS) is 1. The van der Waals surface area contributed by atoms with Crippen molar-refractivity contribution in [3.63, 3.8) is 0 Å². The first-order valence-corrected chi connectivity index (χ1v) is 10.8. The molecule has 0 bridgehead atoms. The zero-order valence-electron chi connectivity index (χ0n) is 17.2. The molecule has 0 aromatic heterocycles. The molecule has 0 saturated heterocycles. The largest absolute Gasteiger partial charge is 0.478 e. The number of fused-ring (bicyclic) bond motifs is 2. The van der Waals surface area contributed by atoms with Gasteiger partial charge in [-0.2, -0.15) is 0 Å². The molecule has 1 atom stereocenters. The van der Waals surface area contributed by atoms with E-state index in [2.05, 4.69) is 18.2 Å². The van der Waals surface area contributed by atoms with Crippen LogP contribution in [0.1, 0.15) is 66.9 Å². The predicted molar refractivity (Wildman–Crippen MR) is 118 cm³/mol. The van der Waals surface area contributed by atoms with Crippen LogP contribution in [0.25, 0.3) is 0 Å². The number of carbonyl (C=O) groups is 1. The standard InChI is InChI=1S/C12H12BNO2.C8H16.C2H8N2/c15-12(16)9-3-1-2-8-6-11-13(4-5-14-11)7-10(8)9;1-2-8-6-4-3-5-7-8;3-1-2-4/h1-5,11,14H,6-7H2,(H,15,16);8H,2-7H2,1H3;1-4H2. The van der Waals surface area contributed by atoms with E-state index >= 15 is 0 Å². The van der Waals surface area contributed by atoms with Gasteiger partial charge in [-0.15, -0.1) is 0 Å². The van der Waals surface area contributed by atoms with Gasteiger partial charge in [0.1, 0.15) is 0 Å². The second-order valence-corrected chi connectivity index (χ2v) is 7.94. The molecule has 1 fully saturated rings. The van der Waals surface area contributed by atoms with Crippen LogP contribution in [0.4, 0.5) is 0 Å². The summed E-state index contributed by atoms with van der Waals surface area (Å²) in [5, 5.41) is 12.5. The van der Waals surface area contributed by atoms with Gasteiger partial charge in [-0.05, 0) is 42.1 Å². The summed E-state index contributed by atoms with van der Waals surface area (Å²) < 4.78 is 0. The van der Waals surface area contributed by atoms with E-state index in [4.69, 9.17) is 16.6 Å². The lowest BCUT2D eigenvalue weighted by Crippen LogP contribution is -2.42. The van der Waals surface area contributed by atoms with Crippen molar-refractivity contribution in [3.8, 4) is 0 Å². The Kier molecular flexibility index (Phi) is 9.58. The Hall–Kier alpha value is -1.79. The maximum Gasteiger partial charge on any atom is 0.335 e. The summed E-state index contributed by atoms with van der Waals surface area (Å²) in [5.41, 5.74) is 12.5. The maximum atomic E-state index is 11.1. The lowest BCUT2D eigenvalue weighted by atomic mass is 9.39. The van der Waals surface area contributed by atoms with Crippen molar-refractivity contribution in [1.82, 2.24) is 5.32 Å². The van der Waals surface area contributed by atoms with E-state index in [1.165, 1.54) is 44.1 Å². The third-order valence-electron chi connectivity index (χ3n) is 6.02. The van der Waals surface area contributed by atoms with Gasteiger partial charge in [0.25, 0.3) is 0 Å². The van der Waals surface area contributed by atoms with Crippen molar-refractivity contribution in [2.75, 3.05) is 13.1 Å². The number of rotatable bonds is 3. The van der Waals surface area contributed by atoms with Crippen LogP contribution < -0.4 is 16.8 Å². The molecule has 1 aliphatic carbocycles.